The third-order valence-electron chi connectivity index (χ3n) is 6.20. The Morgan fingerprint density at radius 3 is 2.53 bits per heavy atom. The lowest BCUT2D eigenvalue weighted by molar-refractivity contribution is -0.130. The highest BCUT2D eigenvalue weighted by Gasteiger charge is 2.29. The third-order valence-corrected chi connectivity index (χ3v) is 6.20. The molecule has 2 N–H and O–H groups in total. The molecule has 176 valence electrons. The second-order valence-electron chi connectivity index (χ2n) is 8.64. The van der Waals surface area contributed by atoms with Gasteiger partial charge in [0.05, 0.1) is 0 Å². The molecule has 8 heteroatoms. The highest BCUT2D eigenvalue weighted by atomic mass is 16.2. The molecule has 8 nitrogen and oxygen atoms in total. The molecule has 2 saturated heterocycles. The van der Waals surface area contributed by atoms with Crippen LogP contribution < -0.4 is 10.6 Å². The molecule has 0 aliphatic carbocycles. The molecule has 1 unspecified atom stereocenters. The second kappa shape index (κ2) is 12.4. The Bertz CT molecular complexity index is 761. The van der Waals surface area contributed by atoms with Gasteiger partial charge >= 0.3 is 0 Å². The predicted octanol–water partition coefficient (Wildman–Crippen LogP) is 0.797. The van der Waals surface area contributed by atoms with Gasteiger partial charge < -0.3 is 20.4 Å². The summed E-state index contributed by atoms with van der Waals surface area (Å²) in [6, 6.07) is 10.3. The minimum absolute atomic E-state index is 0.161. The second-order valence-corrected chi connectivity index (χ2v) is 8.64. The van der Waals surface area contributed by atoms with Crippen molar-refractivity contribution in [2.45, 2.75) is 26.7 Å². The number of carbonyl (C=O) groups excluding carboxylic acids is 2. The molecule has 1 aromatic carbocycles. The van der Waals surface area contributed by atoms with Crippen LogP contribution in [0.3, 0.4) is 0 Å². The first-order valence-electron chi connectivity index (χ1n) is 11.9. The minimum Gasteiger partial charge on any atom is -0.357 e. The zero-order valence-electron chi connectivity index (χ0n) is 19.6. The summed E-state index contributed by atoms with van der Waals surface area (Å²) in [5, 5.41) is 6.72. The lowest BCUT2D eigenvalue weighted by Gasteiger charge is -2.34. The summed E-state index contributed by atoms with van der Waals surface area (Å²) in [6.07, 6.45) is 1.48. The van der Waals surface area contributed by atoms with Crippen molar-refractivity contribution in [2.24, 2.45) is 10.9 Å². The van der Waals surface area contributed by atoms with Gasteiger partial charge in [-0.3, -0.25) is 19.5 Å². The van der Waals surface area contributed by atoms with Crippen molar-refractivity contribution < 1.29 is 9.59 Å². The molecule has 0 spiro atoms. The van der Waals surface area contributed by atoms with Crippen LogP contribution in [0.4, 0.5) is 0 Å². The van der Waals surface area contributed by atoms with Gasteiger partial charge in [0.15, 0.2) is 5.96 Å². The Labute approximate surface area is 192 Å². The number of likely N-dealkylation sites (tertiary alicyclic amines) is 1. The summed E-state index contributed by atoms with van der Waals surface area (Å²) in [6.45, 7) is 11.9. The highest BCUT2D eigenvalue weighted by molar-refractivity contribution is 5.80. The van der Waals surface area contributed by atoms with Gasteiger partial charge in [0.1, 0.15) is 0 Å². The summed E-state index contributed by atoms with van der Waals surface area (Å²) in [7, 11) is 0. The van der Waals surface area contributed by atoms with Crippen LogP contribution in [0.5, 0.6) is 0 Å². The highest BCUT2D eigenvalue weighted by Crippen LogP contribution is 2.18. The molecule has 0 radical (unpaired) electrons. The molecule has 0 aromatic heterocycles. The van der Waals surface area contributed by atoms with Gasteiger partial charge in [-0.25, -0.2) is 0 Å². The molecule has 3 rings (SSSR count). The van der Waals surface area contributed by atoms with E-state index in [-0.39, 0.29) is 17.7 Å². The Kier molecular flexibility index (Phi) is 9.34. The van der Waals surface area contributed by atoms with Crippen LogP contribution in [0.15, 0.2) is 35.3 Å². The van der Waals surface area contributed by atoms with Crippen molar-refractivity contribution in [2.75, 3.05) is 65.4 Å². The van der Waals surface area contributed by atoms with E-state index in [1.807, 2.05) is 28.0 Å². The molecule has 2 heterocycles. The molecular weight excluding hydrogens is 404 g/mol. The largest absolute Gasteiger partial charge is 0.357 e. The average molecular weight is 443 g/mol. The Morgan fingerprint density at radius 2 is 1.84 bits per heavy atom. The van der Waals surface area contributed by atoms with Crippen molar-refractivity contribution >= 4 is 17.8 Å². The standard InChI is InChI=1S/C24H38N6O2/c1-3-25-24(26-10-12-28-13-15-29(16-14-28)20(2)31)27-18-22-17-23(32)30(19-22)11-9-21-7-5-4-6-8-21/h4-8,22H,3,9-19H2,1-2H3,(H2,25,26,27). The SMILES string of the molecule is CCNC(=NCC1CC(=O)N(CCc2ccccc2)C1)NCCN1CCN(C(C)=O)CC1. The molecule has 0 saturated carbocycles. The van der Waals surface area contributed by atoms with E-state index in [1.165, 1.54) is 5.56 Å². The van der Waals surface area contributed by atoms with E-state index >= 15 is 0 Å². The van der Waals surface area contributed by atoms with Crippen LogP contribution >= 0.6 is 0 Å². The smallest absolute Gasteiger partial charge is 0.223 e. The van der Waals surface area contributed by atoms with Gasteiger partial charge in [0.2, 0.25) is 11.8 Å². The van der Waals surface area contributed by atoms with Gasteiger partial charge in [-0.2, -0.15) is 0 Å². The number of aliphatic imine (C=N–C) groups is 1. The molecule has 2 amide bonds. The molecule has 2 fully saturated rings. The van der Waals surface area contributed by atoms with E-state index in [0.717, 1.165) is 71.3 Å². The number of rotatable bonds is 9. The first-order valence-corrected chi connectivity index (χ1v) is 11.9. The molecular formula is C24H38N6O2. The lowest BCUT2D eigenvalue weighted by atomic mass is 10.1. The number of nitrogens with one attached hydrogen (secondary N) is 2. The number of nitrogens with zero attached hydrogens (tertiary/aromatic N) is 4. The Hall–Kier alpha value is -2.61. The van der Waals surface area contributed by atoms with Crippen LogP contribution in [0, 0.1) is 5.92 Å². The number of hydrogen-bond acceptors (Lipinski definition) is 4. The van der Waals surface area contributed by atoms with Crippen molar-refractivity contribution in [3.63, 3.8) is 0 Å². The summed E-state index contributed by atoms with van der Waals surface area (Å²) < 4.78 is 0. The number of benzene rings is 1. The molecule has 1 aromatic rings. The summed E-state index contributed by atoms with van der Waals surface area (Å²) in [5.74, 6) is 1.48. The molecule has 0 bridgehead atoms. The van der Waals surface area contributed by atoms with Crippen molar-refractivity contribution in [3.05, 3.63) is 35.9 Å². The normalized spacial score (nSPS) is 20.0. The first kappa shape index (κ1) is 24.0. The van der Waals surface area contributed by atoms with Crippen LogP contribution in [0.2, 0.25) is 0 Å². The third kappa shape index (κ3) is 7.51. The average Bonchev–Trinajstić information content (AvgIpc) is 3.16. The van der Waals surface area contributed by atoms with Gasteiger partial charge in [-0.05, 0) is 18.9 Å². The predicted molar refractivity (Wildman–Crippen MR) is 128 cm³/mol. The fraction of sp³-hybridized carbons (Fsp3) is 0.625. The number of amides is 2. The van der Waals surface area contributed by atoms with E-state index in [4.69, 9.17) is 4.99 Å². The van der Waals surface area contributed by atoms with E-state index < -0.39 is 0 Å². The van der Waals surface area contributed by atoms with Crippen LogP contribution in [-0.4, -0.2) is 97.9 Å². The van der Waals surface area contributed by atoms with E-state index in [0.29, 0.717) is 13.0 Å². The quantitative estimate of drug-likeness (QED) is 0.437. The summed E-state index contributed by atoms with van der Waals surface area (Å²) in [5.41, 5.74) is 1.27. The van der Waals surface area contributed by atoms with Gasteiger partial charge in [0.25, 0.3) is 0 Å². The number of carbonyl (C=O) groups is 2. The fourth-order valence-corrected chi connectivity index (χ4v) is 4.28. The zero-order valence-corrected chi connectivity index (χ0v) is 19.6. The van der Waals surface area contributed by atoms with Crippen LogP contribution in [0.1, 0.15) is 25.8 Å². The minimum atomic E-state index is 0.161. The number of guanidine groups is 1. The maximum Gasteiger partial charge on any atom is 0.223 e. The van der Waals surface area contributed by atoms with E-state index in [2.05, 4.69) is 34.6 Å². The van der Waals surface area contributed by atoms with E-state index in [1.54, 1.807) is 6.92 Å². The van der Waals surface area contributed by atoms with Crippen LogP contribution in [0.25, 0.3) is 0 Å². The molecule has 2 aliphatic rings. The maximum atomic E-state index is 12.4. The molecule has 1 atom stereocenters. The van der Waals surface area contributed by atoms with Crippen molar-refractivity contribution in [1.82, 2.24) is 25.3 Å². The Morgan fingerprint density at radius 1 is 1.09 bits per heavy atom. The fourth-order valence-electron chi connectivity index (χ4n) is 4.28. The maximum absolute atomic E-state index is 12.4. The molecule has 2 aliphatic heterocycles. The summed E-state index contributed by atoms with van der Waals surface area (Å²) in [4.78, 5) is 34.9. The van der Waals surface area contributed by atoms with Gasteiger partial charge in [0, 0.05) is 84.7 Å². The first-order chi connectivity index (χ1) is 15.5. The number of piperazine rings is 1. The van der Waals surface area contributed by atoms with Gasteiger partial charge in [-0.15, -0.1) is 0 Å². The monoisotopic (exact) mass is 442 g/mol. The lowest BCUT2D eigenvalue weighted by Crippen LogP contribution is -2.50. The summed E-state index contributed by atoms with van der Waals surface area (Å²) >= 11 is 0. The van der Waals surface area contributed by atoms with Gasteiger partial charge in [-0.1, -0.05) is 30.3 Å². The zero-order chi connectivity index (χ0) is 22.8. The topological polar surface area (TPSA) is 80.3 Å². The number of hydrogen-bond donors (Lipinski definition) is 2. The van der Waals surface area contributed by atoms with E-state index in [9.17, 15) is 9.59 Å². The van der Waals surface area contributed by atoms with Crippen molar-refractivity contribution in [1.29, 1.82) is 0 Å². The van der Waals surface area contributed by atoms with Crippen LogP contribution in [-0.2, 0) is 16.0 Å². The van der Waals surface area contributed by atoms with Crippen molar-refractivity contribution in [3.8, 4) is 0 Å². The molecule has 32 heavy (non-hydrogen) atoms. The Balaban J connectivity index is 1.38.